The van der Waals surface area contributed by atoms with E-state index in [-0.39, 0.29) is 5.39 Å². The Kier molecular flexibility index (Phi) is 1.99. The molecule has 1 nitrogen and oxygen atoms in total. The number of nitrogens with zero attached hydrogens (tertiary/aromatic N) is 1. The van der Waals surface area contributed by atoms with Gasteiger partial charge in [0.1, 0.15) is 4.83 Å². The Labute approximate surface area is 82.2 Å². The molecule has 0 N–H and O–H groups in total. The molecule has 0 aromatic carbocycles. The highest BCUT2D eigenvalue weighted by atomic mass is 32.1. The van der Waals surface area contributed by atoms with Gasteiger partial charge in [0.2, 0.25) is 0 Å². The third-order valence-corrected chi connectivity index (χ3v) is 2.68. The van der Waals surface area contributed by atoms with E-state index in [9.17, 15) is 13.2 Å². The molecule has 5 heteroatoms. The fourth-order valence-corrected chi connectivity index (χ4v) is 2.14. The standard InChI is InChI=1S/C9H6F3NS/c1-5-4-7(9(10,11)12)6-2-3-14-8(6)13-5/h2-4H,1H3. The molecule has 14 heavy (non-hydrogen) atoms. The Balaban J connectivity index is 2.80. The van der Waals surface area contributed by atoms with Crippen LogP contribution in [0.5, 0.6) is 0 Å². The third-order valence-electron chi connectivity index (χ3n) is 1.87. The molecule has 2 rings (SSSR count). The van der Waals surface area contributed by atoms with Crippen molar-refractivity contribution in [2.75, 3.05) is 0 Å². The van der Waals surface area contributed by atoms with Gasteiger partial charge in [-0.3, -0.25) is 0 Å². The number of pyridine rings is 1. The molecular formula is C9H6F3NS. The third kappa shape index (κ3) is 1.48. The van der Waals surface area contributed by atoms with E-state index >= 15 is 0 Å². The summed E-state index contributed by atoms with van der Waals surface area (Å²) < 4.78 is 37.7. The summed E-state index contributed by atoms with van der Waals surface area (Å²) in [6, 6.07) is 2.53. The van der Waals surface area contributed by atoms with Crippen LogP contribution in [0.2, 0.25) is 0 Å². The Bertz CT molecular complexity index is 472. The van der Waals surface area contributed by atoms with Gasteiger partial charge in [0, 0.05) is 11.1 Å². The Morgan fingerprint density at radius 2 is 2.07 bits per heavy atom. The van der Waals surface area contributed by atoms with Crippen LogP contribution in [0, 0.1) is 6.92 Å². The maximum atomic E-state index is 12.6. The maximum absolute atomic E-state index is 12.6. The molecule has 0 unspecified atom stereocenters. The van der Waals surface area contributed by atoms with Crippen LogP contribution in [0.15, 0.2) is 17.5 Å². The number of aromatic nitrogens is 1. The number of hydrogen-bond acceptors (Lipinski definition) is 2. The van der Waals surface area contributed by atoms with Crippen molar-refractivity contribution in [1.82, 2.24) is 4.98 Å². The zero-order valence-corrected chi connectivity index (χ0v) is 8.04. The van der Waals surface area contributed by atoms with E-state index in [2.05, 4.69) is 4.98 Å². The molecule has 0 bridgehead atoms. The van der Waals surface area contributed by atoms with Crippen LogP contribution in [0.3, 0.4) is 0 Å². The van der Waals surface area contributed by atoms with Gasteiger partial charge >= 0.3 is 6.18 Å². The van der Waals surface area contributed by atoms with Gasteiger partial charge in [0.05, 0.1) is 5.56 Å². The number of alkyl halides is 3. The highest BCUT2D eigenvalue weighted by molar-refractivity contribution is 7.16. The van der Waals surface area contributed by atoms with Crippen LogP contribution in [-0.2, 0) is 6.18 Å². The van der Waals surface area contributed by atoms with Gasteiger partial charge in [-0.25, -0.2) is 4.98 Å². The van der Waals surface area contributed by atoms with E-state index in [1.165, 1.54) is 17.4 Å². The average Bonchev–Trinajstić information content (AvgIpc) is 2.47. The minimum atomic E-state index is -4.30. The first-order chi connectivity index (χ1) is 6.48. The summed E-state index contributed by atoms with van der Waals surface area (Å²) in [7, 11) is 0. The van der Waals surface area contributed by atoms with Crippen LogP contribution >= 0.6 is 11.3 Å². The lowest BCUT2D eigenvalue weighted by atomic mass is 10.1. The lowest BCUT2D eigenvalue weighted by Gasteiger charge is -2.08. The van der Waals surface area contributed by atoms with Gasteiger partial charge in [0.15, 0.2) is 0 Å². The summed E-state index contributed by atoms with van der Waals surface area (Å²) in [5, 5.41) is 1.81. The monoisotopic (exact) mass is 217 g/mol. The molecule has 0 spiro atoms. The summed E-state index contributed by atoms with van der Waals surface area (Å²) in [6.45, 7) is 1.56. The number of hydrogen-bond donors (Lipinski definition) is 0. The van der Waals surface area contributed by atoms with Gasteiger partial charge in [-0.15, -0.1) is 11.3 Å². The fourth-order valence-electron chi connectivity index (χ4n) is 1.31. The van der Waals surface area contributed by atoms with Crippen LogP contribution in [0.1, 0.15) is 11.3 Å². The summed E-state index contributed by atoms with van der Waals surface area (Å²) in [5.41, 5.74) is -0.200. The number of aryl methyl sites for hydroxylation is 1. The molecule has 2 aromatic heterocycles. The van der Waals surface area contributed by atoms with Crippen molar-refractivity contribution in [2.24, 2.45) is 0 Å². The van der Waals surface area contributed by atoms with Crippen molar-refractivity contribution < 1.29 is 13.2 Å². The normalized spacial score (nSPS) is 12.3. The highest BCUT2D eigenvalue weighted by Crippen LogP contribution is 2.36. The van der Waals surface area contributed by atoms with Crippen molar-refractivity contribution in [3.63, 3.8) is 0 Å². The minimum Gasteiger partial charge on any atom is -0.242 e. The van der Waals surface area contributed by atoms with Crippen molar-refractivity contribution >= 4 is 21.6 Å². The molecule has 0 amide bonds. The smallest absolute Gasteiger partial charge is 0.242 e. The van der Waals surface area contributed by atoms with Gasteiger partial charge in [0.25, 0.3) is 0 Å². The molecule has 0 aliphatic rings. The predicted molar refractivity (Wildman–Crippen MR) is 49.4 cm³/mol. The molecule has 0 aliphatic carbocycles. The van der Waals surface area contributed by atoms with E-state index < -0.39 is 11.7 Å². The SMILES string of the molecule is Cc1cc(C(F)(F)F)c2ccsc2n1. The Morgan fingerprint density at radius 3 is 2.71 bits per heavy atom. The summed E-state index contributed by atoms with van der Waals surface area (Å²) in [4.78, 5) is 4.47. The van der Waals surface area contributed by atoms with Gasteiger partial charge < -0.3 is 0 Å². The summed E-state index contributed by atoms with van der Waals surface area (Å²) in [5.74, 6) is 0. The quantitative estimate of drug-likeness (QED) is 0.656. The van der Waals surface area contributed by atoms with Gasteiger partial charge in [-0.2, -0.15) is 13.2 Å². The average molecular weight is 217 g/mol. The van der Waals surface area contributed by atoms with E-state index in [1.54, 1.807) is 12.3 Å². The van der Waals surface area contributed by atoms with Crippen LogP contribution < -0.4 is 0 Å². The molecule has 2 aromatic rings. The number of halogens is 3. The van der Waals surface area contributed by atoms with E-state index in [0.29, 0.717) is 10.5 Å². The first-order valence-corrected chi connectivity index (χ1v) is 4.78. The van der Waals surface area contributed by atoms with Gasteiger partial charge in [-0.1, -0.05) is 0 Å². The van der Waals surface area contributed by atoms with Crippen LogP contribution in [0.25, 0.3) is 10.2 Å². The minimum absolute atomic E-state index is 0.188. The maximum Gasteiger partial charge on any atom is 0.417 e. The predicted octanol–water partition coefficient (Wildman–Crippen LogP) is 3.62. The first kappa shape index (κ1) is 9.45. The molecular weight excluding hydrogens is 211 g/mol. The zero-order valence-electron chi connectivity index (χ0n) is 7.22. The first-order valence-electron chi connectivity index (χ1n) is 3.90. The van der Waals surface area contributed by atoms with Crippen molar-refractivity contribution in [3.05, 3.63) is 28.8 Å². The molecule has 0 saturated heterocycles. The second kappa shape index (κ2) is 2.95. The lowest BCUT2D eigenvalue weighted by Crippen LogP contribution is -2.06. The fraction of sp³-hybridized carbons (Fsp3) is 0.222. The molecule has 0 saturated carbocycles. The molecule has 0 fully saturated rings. The molecule has 0 atom stereocenters. The van der Waals surface area contributed by atoms with Crippen LogP contribution in [0.4, 0.5) is 13.2 Å². The molecule has 74 valence electrons. The largest absolute Gasteiger partial charge is 0.417 e. The Morgan fingerprint density at radius 1 is 1.36 bits per heavy atom. The van der Waals surface area contributed by atoms with E-state index in [0.717, 1.165) is 6.07 Å². The zero-order chi connectivity index (χ0) is 10.3. The number of rotatable bonds is 0. The second-order valence-electron chi connectivity index (χ2n) is 2.95. The van der Waals surface area contributed by atoms with Crippen molar-refractivity contribution in [1.29, 1.82) is 0 Å². The summed E-state index contributed by atoms with van der Waals surface area (Å²) in [6.07, 6.45) is -4.30. The Hall–Kier alpha value is -1.10. The van der Waals surface area contributed by atoms with Crippen molar-refractivity contribution in [3.8, 4) is 0 Å². The number of fused-ring (bicyclic) bond motifs is 1. The highest BCUT2D eigenvalue weighted by Gasteiger charge is 2.33. The number of thiophene rings is 1. The second-order valence-corrected chi connectivity index (χ2v) is 3.84. The van der Waals surface area contributed by atoms with Crippen molar-refractivity contribution in [2.45, 2.75) is 13.1 Å². The van der Waals surface area contributed by atoms with Crippen LogP contribution in [-0.4, -0.2) is 4.98 Å². The summed E-state index contributed by atoms with van der Waals surface area (Å²) >= 11 is 1.22. The van der Waals surface area contributed by atoms with E-state index in [4.69, 9.17) is 0 Å². The van der Waals surface area contributed by atoms with Gasteiger partial charge in [-0.05, 0) is 24.4 Å². The topological polar surface area (TPSA) is 12.9 Å². The van der Waals surface area contributed by atoms with E-state index in [1.807, 2.05) is 0 Å². The molecule has 2 heterocycles. The molecule has 0 aliphatic heterocycles. The molecule has 0 radical (unpaired) electrons. The lowest BCUT2D eigenvalue weighted by molar-refractivity contribution is -0.136.